The van der Waals surface area contributed by atoms with E-state index in [0.717, 1.165) is 11.3 Å². The highest BCUT2D eigenvalue weighted by molar-refractivity contribution is 6.29. The lowest BCUT2D eigenvalue weighted by Crippen LogP contribution is -2.10. The van der Waals surface area contributed by atoms with Crippen molar-refractivity contribution in [3.05, 3.63) is 41.3 Å². The highest BCUT2D eigenvalue weighted by Crippen LogP contribution is 2.22. The lowest BCUT2D eigenvalue weighted by atomic mass is 10.1. The number of anilines is 1. The number of aromatic nitrogens is 2. The van der Waals surface area contributed by atoms with Gasteiger partial charge in [-0.1, -0.05) is 11.6 Å². The van der Waals surface area contributed by atoms with Crippen molar-refractivity contribution in [1.29, 1.82) is 5.26 Å². The van der Waals surface area contributed by atoms with E-state index in [0.29, 0.717) is 16.5 Å². The molecule has 5 heteroatoms. The highest BCUT2D eigenvalue weighted by atomic mass is 35.5. The summed E-state index contributed by atoms with van der Waals surface area (Å²) in [5.41, 5.74) is 2.77. The molecule has 4 nitrogen and oxygen atoms in total. The number of halogens is 1. The maximum atomic E-state index is 9.03. The minimum atomic E-state index is 0.283. The molecule has 96 valence electrons. The Bertz CT molecular complexity index is 614. The molecule has 19 heavy (non-hydrogen) atoms. The number of pyridine rings is 2. The topological polar surface area (TPSA) is 61.6 Å². The minimum Gasteiger partial charge on any atom is -0.383 e. The summed E-state index contributed by atoms with van der Waals surface area (Å²) in [7, 11) is 0. The summed E-state index contributed by atoms with van der Waals surface area (Å²) in [6, 6.07) is 9.50. The number of hydrogen-bond donors (Lipinski definition) is 1. The first-order valence-electron chi connectivity index (χ1n) is 5.89. The molecule has 0 spiro atoms. The van der Waals surface area contributed by atoms with E-state index < -0.39 is 0 Å². The zero-order valence-corrected chi connectivity index (χ0v) is 11.4. The van der Waals surface area contributed by atoms with E-state index in [1.54, 1.807) is 18.3 Å². The molecule has 2 aromatic heterocycles. The van der Waals surface area contributed by atoms with E-state index >= 15 is 0 Å². The Labute approximate surface area is 117 Å². The maximum Gasteiger partial charge on any atom is 0.143 e. The van der Waals surface area contributed by atoms with E-state index in [-0.39, 0.29) is 6.04 Å². The number of rotatable bonds is 3. The summed E-state index contributed by atoms with van der Waals surface area (Å²) in [6.07, 6.45) is 1.64. The van der Waals surface area contributed by atoms with Gasteiger partial charge in [0.15, 0.2) is 0 Å². The summed E-state index contributed by atoms with van der Waals surface area (Å²) in [5, 5.41) is 12.7. The molecular weight excluding hydrogens is 260 g/mol. The zero-order chi connectivity index (χ0) is 13.8. The SMILES string of the molecule is CC(C)Nc1cc(C#N)nc(-c2ccc(Cl)nc2)c1. The van der Waals surface area contributed by atoms with Crippen molar-refractivity contribution in [3.63, 3.8) is 0 Å². The molecule has 0 saturated heterocycles. The van der Waals surface area contributed by atoms with Gasteiger partial charge in [-0.05, 0) is 38.1 Å². The van der Waals surface area contributed by atoms with Crippen LogP contribution in [0.1, 0.15) is 19.5 Å². The van der Waals surface area contributed by atoms with Gasteiger partial charge in [0.05, 0.1) is 5.69 Å². The molecule has 0 fully saturated rings. The Morgan fingerprint density at radius 3 is 2.68 bits per heavy atom. The second-order valence-corrected chi connectivity index (χ2v) is 4.79. The lowest BCUT2D eigenvalue weighted by Gasteiger charge is -2.11. The molecule has 0 bridgehead atoms. The fourth-order valence-electron chi connectivity index (χ4n) is 1.68. The Morgan fingerprint density at radius 1 is 1.32 bits per heavy atom. The van der Waals surface area contributed by atoms with Crippen molar-refractivity contribution in [1.82, 2.24) is 9.97 Å². The van der Waals surface area contributed by atoms with Crippen molar-refractivity contribution in [2.75, 3.05) is 5.32 Å². The molecule has 0 aliphatic heterocycles. The van der Waals surface area contributed by atoms with Gasteiger partial charge in [0, 0.05) is 23.5 Å². The highest BCUT2D eigenvalue weighted by Gasteiger charge is 2.06. The third kappa shape index (κ3) is 3.43. The first-order chi connectivity index (χ1) is 9.08. The molecule has 2 aromatic rings. The first-order valence-corrected chi connectivity index (χ1v) is 6.27. The van der Waals surface area contributed by atoms with Gasteiger partial charge in [-0.25, -0.2) is 9.97 Å². The molecule has 1 N–H and O–H groups in total. The quantitative estimate of drug-likeness (QED) is 0.869. The largest absolute Gasteiger partial charge is 0.383 e. The van der Waals surface area contributed by atoms with Crippen LogP contribution in [0.25, 0.3) is 11.3 Å². The molecule has 0 radical (unpaired) electrons. The third-order valence-corrected chi connectivity index (χ3v) is 2.64. The van der Waals surface area contributed by atoms with E-state index in [1.165, 1.54) is 0 Å². The van der Waals surface area contributed by atoms with Gasteiger partial charge in [-0.15, -0.1) is 0 Å². The van der Waals surface area contributed by atoms with Crippen molar-refractivity contribution >= 4 is 17.3 Å². The molecule has 0 aromatic carbocycles. The average Bonchev–Trinajstić information content (AvgIpc) is 2.38. The molecule has 0 aliphatic rings. The Hall–Kier alpha value is -2.12. The number of nitrogens with zero attached hydrogens (tertiary/aromatic N) is 3. The fourth-order valence-corrected chi connectivity index (χ4v) is 1.79. The molecule has 2 rings (SSSR count). The average molecular weight is 273 g/mol. The van der Waals surface area contributed by atoms with Crippen LogP contribution in [0.5, 0.6) is 0 Å². The molecule has 0 atom stereocenters. The maximum absolute atomic E-state index is 9.03. The molecular formula is C14H13ClN4. The number of nitrogens with one attached hydrogen (secondary N) is 1. The van der Waals surface area contributed by atoms with Gasteiger partial charge in [-0.3, -0.25) is 0 Å². The van der Waals surface area contributed by atoms with Crippen molar-refractivity contribution in [3.8, 4) is 17.3 Å². The Kier molecular flexibility index (Phi) is 3.98. The van der Waals surface area contributed by atoms with E-state index in [2.05, 4.69) is 21.4 Å². The van der Waals surface area contributed by atoms with Crippen molar-refractivity contribution in [2.45, 2.75) is 19.9 Å². The van der Waals surface area contributed by atoms with Crippen LogP contribution in [-0.4, -0.2) is 16.0 Å². The minimum absolute atomic E-state index is 0.283. The number of hydrogen-bond acceptors (Lipinski definition) is 4. The molecule has 0 aliphatic carbocycles. The second kappa shape index (κ2) is 5.68. The summed E-state index contributed by atoms with van der Waals surface area (Å²) in [6.45, 7) is 4.08. The predicted molar refractivity (Wildman–Crippen MR) is 76.0 cm³/mol. The van der Waals surface area contributed by atoms with Gasteiger partial charge in [0.1, 0.15) is 16.9 Å². The molecule has 0 amide bonds. The standard InChI is InChI=1S/C14H13ClN4/c1-9(2)18-11-5-12(7-16)19-13(6-11)10-3-4-14(15)17-8-10/h3-6,8-9H,1-2H3,(H,18,19). The van der Waals surface area contributed by atoms with E-state index in [9.17, 15) is 0 Å². The fraction of sp³-hybridized carbons (Fsp3) is 0.214. The van der Waals surface area contributed by atoms with Crippen LogP contribution in [0.3, 0.4) is 0 Å². The molecule has 0 unspecified atom stereocenters. The summed E-state index contributed by atoms with van der Waals surface area (Å²) >= 11 is 5.76. The van der Waals surface area contributed by atoms with Gasteiger partial charge in [0.2, 0.25) is 0 Å². The van der Waals surface area contributed by atoms with Crippen LogP contribution >= 0.6 is 11.6 Å². The smallest absolute Gasteiger partial charge is 0.143 e. The van der Waals surface area contributed by atoms with Crippen LogP contribution in [-0.2, 0) is 0 Å². The van der Waals surface area contributed by atoms with Gasteiger partial charge in [-0.2, -0.15) is 5.26 Å². The van der Waals surface area contributed by atoms with E-state index in [4.69, 9.17) is 16.9 Å². The van der Waals surface area contributed by atoms with Crippen LogP contribution in [0, 0.1) is 11.3 Å². The van der Waals surface area contributed by atoms with E-state index in [1.807, 2.05) is 26.0 Å². The van der Waals surface area contributed by atoms with Crippen LogP contribution in [0.4, 0.5) is 5.69 Å². The van der Waals surface area contributed by atoms with Crippen LogP contribution in [0.15, 0.2) is 30.5 Å². The predicted octanol–water partition coefficient (Wildman–Crippen LogP) is 3.49. The Balaban J connectivity index is 2.45. The lowest BCUT2D eigenvalue weighted by molar-refractivity contribution is 0.899. The van der Waals surface area contributed by atoms with Gasteiger partial charge >= 0.3 is 0 Å². The molecule has 2 heterocycles. The summed E-state index contributed by atoms with van der Waals surface area (Å²) in [4.78, 5) is 8.30. The monoisotopic (exact) mass is 272 g/mol. The second-order valence-electron chi connectivity index (χ2n) is 4.41. The van der Waals surface area contributed by atoms with Crippen molar-refractivity contribution in [2.24, 2.45) is 0 Å². The van der Waals surface area contributed by atoms with Gasteiger partial charge in [0.25, 0.3) is 0 Å². The summed E-state index contributed by atoms with van der Waals surface area (Å²) in [5.74, 6) is 0. The van der Waals surface area contributed by atoms with Gasteiger partial charge < -0.3 is 5.32 Å². The molecule has 0 saturated carbocycles. The first kappa shape index (κ1) is 13.3. The van der Waals surface area contributed by atoms with Crippen LogP contribution < -0.4 is 5.32 Å². The number of nitriles is 1. The van der Waals surface area contributed by atoms with Crippen molar-refractivity contribution < 1.29 is 0 Å². The van der Waals surface area contributed by atoms with Crippen LogP contribution in [0.2, 0.25) is 5.15 Å². The zero-order valence-electron chi connectivity index (χ0n) is 10.7. The normalized spacial score (nSPS) is 10.3. The Morgan fingerprint density at radius 2 is 2.11 bits per heavy atom. The third-order valence-electron chi connectivity index (χ3n) is 2.42. The summed E-state index contributed by atoms with van der Waals surface area (Å²) < 4.78 is 0.